The molecular formula is C22H22F3N5O. The minimum atomic E-state index is -4.40. The van der Waals surface area contributed by atoms with Gasteiger partial charge in [0.15, 0.2) is 0 Å². The lowest BCUT2D eigenvalue weighted by molar-refractivity contribution is -0.137. The van der Waals surface area contributed by atoms with Crippen LogP contribution in [-0.4, -0.2) is 14.5 Å². The summed E-state index contributed by atoms with van der Waals surface area (Å²) in [5, 5.41) is 11.1. The van der Waals surface area contributed by atoms with Crippen LogP contribution in [0.3, 0.4) is 0 Å². The number of nitrogens with zero attached hydrogens (tertiary/aromatic N) is 2. The number of para-hydroxylation sites is 1. The number of hydrogen-bond acceptors (Lipinski definition) is 4. The fourth-order valence-electron chi connectivity index (χ4n) is 3.55. The second kappa shape index (κ2) is 7.64. The smallest absolute Gasteiger partial charge is 0.416 e. The fraction of sp³-hybridized carbons (Fsp3) is 0.273. The summed E-state index contributed by atoms with van der Waals surface area (Å²) in [7, 11) is 0. The molecule has 0 bridgehead atoms. The summed E-state index contributed by atoms with van der Waals surface area (Å²) in [6, 6.07) is 11.0. The zero-order valence-corrected chi connectivity index (χ0v) is 17.0. The number of H-pyrrole nitrogens is 1. The number of aromatic amines is 1. The molecule has 2 heterocycles. The van der Waals surface area contributed by atoms with Gasteiger partial charge in [-0.1, -0.05) is 31.2 Å². The average Bonchev–Trinajstić information content (AvgIpc) is 3.33. The molecule has 0 aliphatic heterocycles. The topological polar surface area (TPSA) is 82.6 Å². The van der Waals surface area contributed by atoms with Crippen LogP contribution >= 0.6 is 0 Å². The maximum atomic E-state index is 13.2. The molecule has 1 atom stereocenters. The Balaban J connectivity index is 1.68. The number of halogens is 3. The molecular weight excluding hydrogens is 407 g/mol. The fourth-order valence-corrected chi connectivity index (χ4v) is 3.55. The molecule has 0 radical (unpaired) electrons. The molecule has 0 aliphatic rings. The summed E-state index contributed by atoms with van der Waals surface area (Å²) in [4.78, 5) is 7.87. The third-order valence-corrected chi connectivity index (χ3v) is 5.55. The SMILES string of the molecule is CCC(C)(Nc1nc2c(Cn3ccoc3=N)cccc2[nH]1)c1cccc(C(F)(F)F)c1. The molecule has 9 heteroatoms. The molecule has 2 aromatic heterocycles. The zero-order valence-electron chi connectivity index (χ0n) is 17.0. The first-order valence-electron chi connectivity index (χ1n) is 9.81. The van der Waals surface area contributed by atoms with Crippen LogP contribution < -0.4 is 11.0 Å². The van der Waals surface area contributed by atoms with E-state index < -0.39 is 17.3 Å². The molecule has 0 spiro atoms. The lowest BCUT2D eigenvalue weighted by atomic mass is 9.88. The number of anilines is 1. The Bertz CT molecular complexity index is 1270. The number of aromatic nitrogens is 3. The van der Waals surface area contributed by atoms with Gasteiger partial charge < -0.3 is 14.7 Å². The number of nitrogens with one attached hydrogen (secondary N) is 3. The van der Waals surface area contributed by atoms with Gasteiger partial charge in [0.25, 0.3) is 5.68 Å². The number of imidazole rings is 1. The molecule has 0 amide bonds. The van der Waals surface area contributed by atoms with E-state index in [1.807, 2.05) is 32.0 Å². The molecule has 6 nitrogen and oxygen atoms in total. The summed E-state index contributed by atoms with van der Waals surface area (Å²) in [5.41, 5.74) is 1.52. The van der Waals surface area contributed by atoms with Gasteiger partial charge in [0.2, 0.25) is 5.95 Å². The predicted octanol–water partition coefficient (Wildman–Crippen LogP) is 5.24. The van der Waals surface area contributed by atoms with Crippen molar-refractivity contribution >= 4 is 17.0 Å². The van der Waals surface area contributed by atoms with Crippen LogP contribution in [0.4, 0.5) is 19.1 Å². The molecule has 4 aromatic rings. The third-order valence-electron chi connectivity index (χ3n) is 5.55. The highest BCUT2D eigenvalue weighted by Gasteiger charge is 2.33. The van der Waals surface area contributed by atoms with Crippen molar-refractivity contribution in [3.8, 4) is 0 Å². The second-order valence-electron chi connectivity index (χ2n) is 7.62. The first-order valence-corrected chi connectivity index (χ1v) is 9.81. The molecule has 31 heavy (non-hydrogen) atoms. The Kier molecular flexibility index (Phi) is 5.12. The van der Waals surface area contributed by atoms with Crippen molar-refractivity contribution in [3.05, 3.63) is 77.3 Å². The second-order valence-corrected chi connectivity index (χ2v) is 7.62. The Hall–Kier alpha value is -3.49. The van der Waals surface area contributed by atoms with Gasteiger partial charge in [0.05, 0.1) is 28.7 Å². The highest BCUT2D eigenvalue weighted by atomic mass is 19.4. The number of rotatable bonds is 6. The van der Waals surface area contributed by atoms with E-state index in [1.54, 1.807) is 16.8 Å². The van der Waals surface area contributed by atoms with Crippen LogP contribution in [0.5, 0.6) is 0 Å². The highest BCUT2D eigenvalue weighted by Crippen LogP contribution is 2.35. The van der Waals surface area contributed by atoms with E-state index in [4.69, 9.17) is 9.83 Å². The molecule has 2 aromatic carbocycles. The van der Waals surface area contributed by atoms with Gasteiger partial charge >= 0.3 is 6.18 Å². The molecule has 0 fully saturated rings. The standard InChI is InChI=1S/C22H22F3N5O/c1-3-21(2,15-7-5-8-16(12-15)22(23,24)25)29-20-27-17-9-4-6-14(18(17)28-20)13-30-10-11-31-19(30)26/h4-12,26H,3,13H2,1-2H3,(H2,27,28,29). The van der Waals surface area contributed by atoms with Gasteiger partial charge in [-0.3, -0.25) is 9.98 Å². The van der Waals surface area contributed by atoms with Gasteiger partial charge in [-0.2, -0.15) is 13.2 Å². The summed E-state index contributed by atoms with van der Waals surface area (Å²) in [6.45, 7) is 4.17. The Morgan fingerprint density at radius 3 is 2.58 bits per heavy atom. The first kappa shape index (κ1) is 20.8. The van der Waals surface area contributed by atoms with Crippen molar-refractivity contribution in [3.63, 3.8) is 0 Å². The largest absolute Gasteiger partial charge is 0.432 e. The molecule has 3 N–H and O–H groups in total. The number of hydrogen-bond donors (Lipinski definition) is 3. The normalized spacial score (nSPS) is 14.0. The number of fused-ring (bicyclic) bond motifs is 1. The maximum Gasteiger partial charge on any atom is 0.416 e. The summed E-state index contributed by atoms with van der Waals surface area (Å²) < 4.78 is 46.3. The Morgan fingerprint density at radius 2 is 1.90 bits per heavy atom. The van der Waals surface area contributed by atoms with E-state index in [2.05, 4.69) is 15.3 Å². The lowest BCUT2D eigenvalue weighted by Gasteiger charge is -2.30. The van der Waals surface area contributed by atoms with Gasteiger partial charge in [-0.25, -0.2) is 4.98 Å². The molecule has 162 valence electrons. The minimum absolute atomic E-state index is 0.0361. The van der Waals surface area contributed by atoms with Crippen LogP contribution in [0.15, 0.2) is 59.3 Å². The maximum absolute atomic E-state index is 13.2. The van der Waals surface area contributed by atoms with Crippen molar-refractivity contribution in [1.82, 2.24) is 14.5 Å². The van der Waals surface area contributed by atoms with E-state index in [9.17, 15) is 13.2 Å². The number of oxazole rings is 1. The summed E-state index contributed by atoms with van der Waals surface area (Å²) >= 11 is 0. The third kappa shape index (κ3) is 4.08. The molecule has 0 aliphatic carbocycles. The van der Waals surface area contributed by atoms with Crippen LogP contribution in [0.1, 0.15) is 37.0 Å². The molecule has 1 unspecified atom stereocenters. The Labute approximate surface area is 176 Å². The van der Waals surface area contributed by atoms with E-state index in [-0.39, 0.29) is 5.68 Å². The average molecular weight is 429 g/mol. The van der Waals surface area contributed by atoms with Crippen LogP contribution in [0, 0.1) is 5.41 Å². The molecule has 0 saturated heterocycles. The van der Waals surface area contributed by atoms with Crippen LogP contribution in [0.2, 0.25) is 0 Å². The monoisotopic (exact) mass is 429 g/mol. The molecule has 4 rings (SSSR count). The first-order chi connectivity index (χ1) is 14.7. The van der Waals surface area contributed by atoms with Gasteiger partial charge in [-0.05, 0) is 42.7 Å². The van der Waals surface area contributed by atoms with E-state index in [0.29, 0.717) is 24.5 Å². The van der Waals surface area contributed by atoms with Gasteiger partial charge in [-0.15, -0.1) is 0 Å². The van der Waals surface area contributed by atoms with Crippen molar-refractivity contribution in [1.29, 1.82) is 5.41 Å². The predicted molar refractivity (Wildman–Crippen MR) is 110 cm³/mol. The number of benzene rings is 2. The molecule has 0 saturated carbocycles. The van der Waals surface area contributed by atoms with Gasteiger partial charge in [0, 0.05) is 6.20 Å². The van der Waals surface area contributed by atoms with Crippen molar-refractivity contribution in [2.24, 2.45) is 0 Å². The van der Waals surface area contributed by atoms with Crippen LogP contribution in [-0.2, 0) is 18.3 Å². The lowest BCUT2D eigenvalue weighted by Crippen LogP contribution is -2.32. The quantitative estimate of drug-likeness (QED) is 0.392. The summed E-state index contributed by atoms with van der Waals surface area (Å²) in [6.07, 6.45) is -0.734. The summed E-state index contributed by atoms with van der Waals surface area (Å²) in [5.74, 6) is 0.465. The van der Waals surface area contributed by atoms with E-state index in [0.717, 1.165) is 22.7 Å². The minimum Gasteiger partial charge on any atom is -0.432 e. The highest BCUT2D eigenvalue weighted by molar-refractivity contribution is 5.81. The van der Waals surface area contributed by atoms with E-state index >= 15 is 0 Å². The van der Waals surface area contributed by atoms with Gasteiger partial charge in [0.1, 0.15) is 6.26 Å². The van der Waals surface area contributed by atoms with Crippen molar-refractivity contribution < 1.29 is 17.6 Å². The van der Waals surface area contributed by atoms with Crippen molar-refractivity contribution in [2.75, 3.05) is 5.32 Å². The van der Waals surface area contributed by atoms with E-state index in [1.165, 1.54) is 18.4 Å². The zero-order chi connectivity index (χ0) is 22.2. The van der Waals surface area contributed by atoms with Crippen LogP contribution in [0.25, 0.3) is 11.0 Å². The van der Waals surface area contributed by atoms with Crippen molar-refractivity contribution in [2.45, 2.75) is 38.5 Å². The number of alkyl halides is 3. The Morgan fingerprint density at radius 1 is 1.16 bits per heavy atom.